The summed E-state index contributed by atoms with van der Waals surface area (Å²) in [7, 11) is -3.67. The summed E-state index contributed by atoms with van der Waals surface area (Å²) in [5.74, 6) is 1.40. The molecule has 1 unspecified atom stereocenters. The van der Waals surface area contributed by atoms with Crippen LogP contribution < -0.4 is 24.3 Å². The average Bonchev–Trinajstić information content (AvgIpc) is 3.11. The Hall–Kier alpha value is -2.94. The molecule has 1 N–H and O–H groups in total. The molecule has 0 bridgehead atoms. The second kappa shape index (κ2) is 8.66. The molecule has 31 heavy (non-hydrogen) atoms. The van der Waals surface area contributed by atoms with Gasteiger partial charge in [-0.25, -0.2) is 8.42 Å². The topological polar surface area (TPSA) is 100 Å². The number of ether oxygens (including phenoxy) is 4. The van der Waals surface area contributed by atoms with Crippen LogP contribution in [-0.2, 0) is 21.1 Å². The summed E-state index contributed by atoms with van der Waals surface area (Å²) in [6, 6.07) is 8.07. The molecule has 0 fully saturated rings. The highest BCUT2D eigenvalue weighted by molar-refractivity contribution is 7.91. The predicted octanol–water partition coefficient (Wildman–Crippen LogP) is 2.98. The van der Waals surface area contributed by atoms with Crippen LogP contribution in [0, 0.1) is 0 Å². The van der Waals surface area contributed by atoms with Gasteiger partial charge < -0.3 is 24.3 Å². The first-order valence-corrected chi connectivity index (χ1v) is 11.9. The molecule has 1 amide bonds. The highest BCUT2D eigenvalue weighted by Gasteiger charge is 2.24. The zero-order chi connectivity index (χ0) is 22.0. The minimum absolute atomic E-state index is 0.0616. The zero-order valence-electron chi connectivity index (χ0n) is 17.5. The highest BCUT2D eigenvalue weighted by Crippen LogP contribution is 2.38. The third kappa shape index (κ3) is 4.71. The fourth-order valence-electron chi connectivity index (χ4n) is 3.59. The van der Waals surface area contributed by atoms with E-state index in [4.69, 9.17) is 18.9 Å². The van der Waals surface area contributed by atoms with E-state index in [2.05, 4.69) is 5.32 Å². The number of carbonyl (C=O) groups is 1. The Morgan fingerprint density at radius 3 is 2.68 bits per heavy atom. The summed E-state index contributed by atoms with van der Waals surface area (Å²) in [6.07, 6.45) is 0.639. The SMILES string of the molecule is CCOc1cc2c(cc1NC(=O)CCS(=O)(=O)c1ccc3c(c1)OCCO3)OC(C)C2. The molecule has 2 aliphatic heterocycles. The molecule has 8 nitrogen and oxygen atoms in total. The van der Waals surface area contributed by atoms with Gasteiger partial charge in [0.25, 0.3) is 0 Å². The van der Waals surface area contributed by atoms with E-state index in [1.165, 1.54) is 12.1 Å². The normalized spacial score (nSPS) is 16.9. The van der Waals surface area contributed by atoms with E-state index in [1.54, 1.807) is 12.1 Å². The maximum atomic E-state index is 12.7. The molecule has 0 spiro atoms. The molecule has 2 aliphatic rings. The summed E-state index contributed by atoms with van der Waals surface area (Å²) in [5, 5.41) is 2.76. The molecule has 2 aromatic carbocycles. The van der Waals surface area contributed by atoms with E-state index in [0.717, 1.165) is 12.0 Å². The maximum Gasteiger partial charge on any atom is 0.225 e. The number of nitrogens with one attached hydrogen (secondary N) is 1. The third-order valence-electron chi connectivity index (χ3n) is 5.04. The van der Waals surface area contributed by atoms with Crippen LogP contribution in [0.2, 0.25) is 0 Å². The van der Waals surface area contributed by atoms with Gasteiger partial charge >= 0.3 is 0 Å². The Morgan fingerprint density at radius 1 is 1.13 bits per heavy atom. The van der Waals surface area contributed by atoms with Crippen LogP contribution in [0.3, 0.4) is 0 Å². The molecule has 4 rings (SSSR count). The van der Waals surface area contributed by atoms with Gasteiger partial charge in [0.2, 0.25) is 5.91 Å². The van der Waals surface area contributed by atoms with Crippen molar-refractivity contribution in [2.75, 3.05) is 30.9 Å². The number of hydrogen-bond donors (Lipinski definition) is 1. The monoisotopic (exact) mass is 447 g/mol. The van der Waals surface area contributed by atoms with Gasteiger partial charge in [0.05, 0.1) is 22.9 Å². The van der Waals surface area contributed by atoms with Gasteiger partial charge in [-0.1, -0.05) is 0 Å². The summed E-state index contributed by atoms with van der Waals surface area (Å²) in [4.78, 5) is 12.6. The molecule has 0 saturated carbocycles. The number of sulfone groups is 1. The van der Waals surface area contributed by atoms with Crippen LogP contribution in [0.15, 0.2) is 35.2 Å². The maximum absolute atomic E-state index is 12.7. The molecule has 0 radical (unpaired) electrons. The van der Waals surface area contributed by atoms with Crippen molar-refractivity contribution in [1.29, 1.82) is 0 Å². The number of rotatable bonds is 7. The van der Waals surface area contributed by atoms with E-state index in [1.807, 2.05) is 19.9 Å². The first-order valence-electron chi connectivity index (χ1n) is 10.2. The number of amides is 1. The second-order valence-electron chi connectivity index (χ2n) is 7.44. The lowest BCUT2D eigenvalue weighted by molar-refractivity contribution is -0.115. The first-order chi connectivity index (χ1) is 14.9. The highest BCUT2D eigenvalue weighted by atomic mass is 32.2. The van der Waals surface area contributed by atoms with E-state index < -0.39 is 15.7 Å². The van der Waals surface area contributed by atoms with Crippen molar-refractivity contribution in [3.63, 3.8) is 0 Å². The smallest absolute Gasteiger partial charge is 0.225 e. The van der Waals surface area contributed by atoms with Gasteiger partial charge in [-0.05, 0) is 32.0 Å². The molecular formula is C22H25NO7S. The summed E-state index contributed by atoms with van der Waals surface area (Å²) in [6.45, 7) is 5.07. The molecule has 166 valence electrons. The van der Waals surface area contributed by atoms with E-state index in [-0.39, 0.29) is 23.2 Å². The Bertz CT molecular complexity index is 1100. The van der Waals surface area contributed by atoms with Crippen LogP contribution in [0.5, 0.6) is 23.0 Å². The Balaban J connectivity index is 1.44. The molecule has 2 heterocycles. The number of fused-ring (bicyclic) bond motifs is 2. The van der Waals surface area contributed by atoms with Crippen LogP contribution in [-0.4, -0.2) is 46.0 Å². The lowest BCUT2D eigenvalue weighted by atomic mass is 10.1. The quantitative estimate of drug-likeness (QED) is 0.696. The third-order valence-corrected chi connectivity index (χ3v) is 6.76. The van der Waals surface area contributed by atoms with Crippen molar-refractivity contribution in [2.45, 2.75) is 37.7 Å². The van der Waals surface area contributed by atoms with Crippen molar-refractivity contribution < 1.29 is 32.2 Å². The van der Waals surface area contributed by atoms with Gasteiger partial charge in [-0.15, -0.1) is 0 Å². The number of carbonyl (C=O) groups excluding carboxylic acids is 1. The Morgan fingerprint density at radius 2 is 1.90 bits per heavy atom. The van der Waals surface area contributed by atoms with Gasteiger partial charge in [0.15, 0.2) is 21.3 Å². The van der Waals surface area contributed by atoms with Gasteiger partial charge in [0.1, 0.15) is 30.8 Å². The van der Waals surface area contributed by atoms with Crippen molar-refractivity contribution in [1.82, 2.24) is 0 Å². The molecule has 1 atom stereocenters. The van der Waals surface area contributed by atoms with Gasteiger partial charge in [-0.2, -0.15) is 0 Å². The van der Waals surface area contributed by atoms with Crippen LogP contribution in [0.25, 0.3) is 0 Å². The van der Waals surface area contributed by atoms with Crippen molar-refractivity contribution in [3.8, 4) is 23.0 Å². The minimum atomic E-state index is -3.67. The Labute approximate surface area is 181 Å². The van der Waals surface area contributed by atoms with E-state index >= 15 is 0 Å². The zero-order valence-corrected chi connectivity index (χ0v) is 18.3. The molecular weight excluding hydrogens is 422 g/mol. The lowest BCUT2D eigenvalue weighted by Gasteiger charge is -2.18. The van der Waals surface area contributed by atoms with Crippen molar-refractivity contribution in [2.24, 2.45) is 0 Å². The lowest BCUT2D eigenvalue weighted by Crippen LogP contribution is -2.19. The van der Waals surface area contributed by atoms with Gasteiger partial charge in [0, 0.05) is 30.5 Å². The molecule has 9 heteroatoms. The van der Waals surface area contributed by atoms with Crippen LogP contribution >= 0.6 is 0 Å². The fourth-order valence-corrected chi connectivity index (χ4v) is 4.84. The van der Waals surface area contributed by atoms with Crippen molar-refractivity contribution in [3.05, 3.63) is 35.9 Å². The predicted molar refractivity (Wildman–Crippen MR) is 114 cm³/mol. The first kappa shape index (κ1) is 21.3. The summed E-state index contributed by atoms with van der Waals surface area (Å²) >= 11 is 0. The largest absolute Gasteiger partial charge is 0.492 e. The standard InChI is InChI=1S/C22H25NO7S/c1-3-27-20-11-15-10-14(2)30-19(15)13-17(20)23-22(24)6-9-31(25,26)16-4-5-18-21(12-16)29-8-7-28-18/h4-5,11-14H,3,6-10H2,1-2H3,(H,23,24). The number of hydrogen-bond acceptors (Lipinski definition) is 7. The van der Waals surface area contributed by atoms with E-state index in [9.17, 15) is 13.2 Å². The fraction of sp³-hybridized carbons (Fsp3) is 0.409. The molecule has 0 aromatic heterocycles. The minimum Gasteiger partial charge on any atom is -0.492 e. The van der Waals surface area contributed by atoms with Gasteiger partial charge in [-0.3, -0.25) is 4.79 Å². The second-order valence-corrected chi connectivity index (χ2v) is 9.55. The number of anilines is 1. The van der Waals surface area contributed by atoms with Crippen molar-refractivity contribution >= 4 is 21.4 Å². The molecule has 0 aliphatic carbocycles. The Kier molecular flexibility index (Phi) is 5.95. The molecule has 0 saturated heterocycles. The average molecular weight is 448 g/mol. The summed E-state index contributed by atoms with van der Waals surface area (Å²) in [5.41, 5.74) is 1.49. The number of benzene rings is 2. The molecule has 2 aromatic rings. The van der Waals surface area contributed by atoms with Crippen LogP contribution in [0.1, 0.15) is 25.8 Å². The van der Waals surface area contributed by atoms with Crippen LogP contribution in [0.4, 0.5) is 5.69 Å². The van der Waals surface area contributed by atoms with E-state index in [0.29, 0.717) is 48.5 Å². The summed E-state index contributed by atoms with van der Waals surface area (Å²) < 4.78 is 47.7.